The van der Waals surface area contributed by atoms with Crippen LogP contribution in [-0.2, 0) is 11.3 Å². The van der Waals surface area contributed by atoms with Gasteiger partial charge in [0, 0.05) is 35.8 Å². The number of halogens is 2. The first-order valence-electron chi connectivity index (χ1n) is 10.8. The van der Waals surface area contributed by atoms with Crippen LogP contribution in [0, 0.1) is 13.8 Å². The van der Waals surface area contributed by atoms with Gasteiger partial charge in [0.05, 0.1) is 5.69 Å². The molecule has 0 fully saturated rings. The van der Waals surface area contributed by atoms with E-state index in [0.29, 0.717) is 37.1 Å². The minimum atomic E-state index is -0.904. The molecule has 0 aliphatic rings. The lowest BCUT2D eigenvalue weighted by molar-refractivity contribution is -0.118. The first kappa shape index (κ1) is 25.5. The Labute approximate surface area is 207 Å². The molecular formula is C22H27Cl2N7O3. The summed E-state index contributed by atoms with van der Waals surface area (Å²) in [7, 11) is 0. The highest BCUT2D eigenvalue weighted by Gasteiger charge is 2.24. The number of rotatable bonds is 10. The van der Waals surface area contributed by atoms with Gasteiger partial charge in [-0.25, -0.2) is 4.98 Å². The topological polar surface area (TPSA) is 138 Å². The van der Waals surface area contributed by atoms with Crippen LogP contribution in [0.4, 0.5) is 5.82 Å². The van der Waals surface area contributed by atoms with E-state index in [1.165, 1.54) is 16.9 Å². The fourth-order valence-corrected chi connectivity index (χ4v) is 3.93. The van der Waals surface area contributed by atoms with Gasteiger partial charge in [-0.15, -0.1) is 23.2 Å². The molecule has 0 aliphatic carbocycles. The Balaban J connectivity index is 1.77. The van der Waals surface area contributed by atoms with Crippen LogP contribution < -0.4 is 10.6 Å². The molecule has 0 unspecified atom stereocenters. The van der Waals surface area contributed by atoms with E-state index in [-0.39, 0.29) is 11.6 Å². The number of pyridine rings is 1. The number of carbonyl (C=O) groups is 2. The standard InChI is InChI=1S/C22H27Cl2N7O3/c1-4-31-16(8-9-26-31)22(34)27-15(6-5-7-18(23)24)21(33)28-20-17(32)10-14(11-25-20)19-12(2)29-30-13(19)3/h8-11,15,18,32H,4-7H2,1-3H3,(H,27,34)(H,29,30)(H,25,28,33)/t15-/m0/s1. The fraction of sp³-hybridized carbons (Fsp3) is 0.409. The third kappa shape index (κ3) is 6.06. The van der Waals surface area contributed by atoms with Gasteiger partial charge in [-0.05, 0) is 52.2 Å². The fourth-order valence-electron chi connectivity index (χ4n) is 3.62. The van der Waals surface area contributed by atoms with Crippen molar-refractivity contribution < 1.29 is 14.7 Å². The largest absolute Gasteiger partial charge is 0.504 e. The zero-order chi connectivity index (χ0) is 24.8. The highest BCUT2D eigenvalue weighted by molar-refractivity contribution is 6.44. The number of hydrogen-bond acceptors (Lipinski definition) is 6. The summed E-state index contributed by atoms with van der Waals surface area (Å²) in [6.07, 6.45) is 4.31. The average molecular weight is 508 g/mol. The van der Waals surface area contributed by atoms with Crippen LogP contribution >= 0.6 is 23.2 Å². The molecule has 1 atom stereocenters. The van der Waals surface area contributed by atoms with Crippen LogP contribution in [-0.4, -0.2) is 52.8 Å². The van der Waals surface area contributed by atoms with Gasteiger partial charge in [-0.3, -0.25) is 19.4 Å². The third-order valence-corrected chi connectivity index (χ3v) is 5.75. The van der Waals surface area contributed by atoms with Crippen LogP contribution in [0.25, 0.3) is 11.1 Å². The molecule has 3 aromatic rings. The number of aromatic hydroxyl groups is 1. The molecule has 0 bridgehead atoms. The van der Waals surface area contributed by atoms with Crippen molar-refractivity contribution >= 4 is 40.8 Å². The van der Waals surface area contributed by atoms with Crippen LogP contribution in [0.15, 0.2) is 24.5 Å². The van der Waals surface area contributed by atoms with Crippen LogP contribution in [0.2, 0.25) is 0 Å². The molecular weight excluding hydrogens is 481 g/mol. The number of H-pyrrole nitrogens is 1. The predicted octanol–water partition coefficient (Wildman–Crippen LogP) is 3.72. The first-order valence-corrected chi connectivity index (χ1v) is 11.7. The molecule has 0 saturated carbocycles. The Morgan fingerprint density at radius 2 is 2.03 bits per heavy atom. The molecule has 12 heteroatoms. The van der Waals surface area contributed by atoms with Crippen LogP contribution in [0.5, 0.6) is 5.75 Å². The number of amides is 2. The van der Waals surface area contributed by atoms with Gasteiger partial charge in [0.15, 0.2) is 11.6 Å². The van der Waals surface area contributed by atoms with E-state index in [4.69, 9.17) is 23.2 Å². The number of carbonyl (C=O) groups excluding carboxylic acids is 2. The molecule has 2 amide bonds. The zero-order valence-electron chi connectivity index (χ0n) is 19.1. The molecule has 0 aromatic carbocycles. The quantitative estimate of drug-likeness (QED) is 0.308. The second kappa shape index (κ2) is 11.3. The Hall–Kier alpha value is -3.11. The summed E-state index contributed by atoms with van der Waals surface area (Å²) < 4.78 is 1.53. The zero-order valence-corrected chi connectivity index (χ0v) is 20.6. The van der Waals surface area contributed by atoms with Crippen molar-refractivity contribution in [3.05, 3.63) is 41.6 Å². The van der Waals surface area contributed by atoms with E-state index in [1.807, 2.05) is 20.8 Å². The molecule has 0 spiro atoms. The molecule has 4 N–H and O–H groups in total. The number of nitrogens with zero attached hydrogens (tertiary/aromatic N) is 4. The normalized spacial score (nSPS) is 12.1. The molecule has 0 saturated heterocycles. The molecule has 182 valence electrons. The van der Waals surface area contributed by atoms with Crippen molar-refractivity contribution in [2.24, 2.45) is 0 Å². The van der Waals surface area contributed by atoms with Crippen molar-refractivity contribution in [2.45, 2.75) is 57.5 Å². The highest BCUT2D eigenvalue weighted by Crippen LogP contribution is 2.30. The van der Waals surface area contributed by atoms with Crippen LogP contribution in [0.1, 0.15) is 48.1 Å². The minimum Gasteiger partial charge on any atom is -0.504 e. The van der Waals surface area contributed by atoms with E-state index in [2.05, 4.69) is 30.9 Å². The van der Waals surface area contributed by atoms with Gasteiger partial charge in [0.25, 0.3) is 5.91 Å². The van der Waals surface area contributed by atoms with Gasteiger partial charge >= 0.3 is 0 Å². The highest BCUT2D eigenvalue weighted by atomic mass is 35.5. The van der Waals surface area contributed by atoms with Gasteiger partial charge in [-0.1, -0.05) is 0 Å². The number of aromatic amines is 1. The molecule has 0 aliphatic heterocycles. The Morgan fingerprint density at radius 3 is 2.65 bits per heavy atom. The SMILES string of the molecule is CCn1nccc1C(=O)N[C@@H](CCCC(Cl)Cl)C(=O)Nc1ncc(-c2c(C)n[nH]c2C)cc1O. The monoisotopic (exact) mass is 507 g/mol. The average Bonchev–Trinajstić information content (AvgIpc) is 3.40. The maximum Gasteiger partial charge on any atom is 0.270 e. The molecule has 3 aromatic heterocycles. The number of alkyl halides is 2. The summed E-state index contributed by atoms with van der Waals surface area (Å²) >= 11 is 11.6. The molecule has 10 nitrogen and oxygen atoms in total. The van der Waals surface area contributed by atoms with E-state index < -0.39 is 22.7 Å². The second-order valence-electron chi connectivity index (χ2n) is 7.77. The number of aromatic nitrogens is 5. The maximum atomic E-state index is 13.0. The predicted molar refractivity (Wildman–Crippen MR) is 130 cm³/mol. The van der Waals surface area contributed by atoms with Crippen molar-refractivity contribution in [3.63, 3.8) is 0 Å². The first-order chi connectivity index (χ1) is 16.2. The maximum absolute atomic E-state index is 13.0. The van der Waals surface area contributed by atoms with Gasteiger partial charge in [0.2, 0.25) is 5.91 Å². The molecule has 34 heavy (non-hydrogen) atoms. The molecule has 3 heterocycles. The molecule has 3 rings (SSSR count). The van der Waals surface area contributed by atoms with Gasteiger partial charge in [-0.2, -0.15) is 10.2 Å². The van der Waals surface area contributed by atoms with Crippen LogP contribution in [0.3, 0.4) is 0 Å². The van der Waals surface area contributed by atoms with E-state index in [1.54, 1.807) is 12.3 Å². The third-order valence-electron chi connectivity index (χ3n) is 5.31. The summed E-state index contributed by atoms with van der Waals surface area (Å²) in [4.78, 5) is 29.5. The lowest BCUT2D eigenvalue weighted by Crippen LogP contribution is -2.44. The number of aryl methyl sites for hydroxylation is 3. The Bertz CT molecular complexity index is 1140. The Morgan fingerprint density at radius 1 is 1.26 bits per heavy atom. The van der Waals surface area contributed by atoms with E-state index in [9.17, 15) is 14.7 Å². The van der Waals surface area contributed by atoms with Crippen molar-refractivity contribution in [3.8, 4) is 16.9 Å². The van der Waals surface area contributed by atoms with Crippen molar-refractivity contribution in [2.75, 3.05) is 5.32 Å². The summed E-state index contributed by atoms with van der Waals surface area (Å²) in [6, 6.07) is 2.18. The van der Waals surface area contributed by atoms with Crippen molar-refractivity contribution in [1.82, 2.24) is 30.3 Å². The summed E-state index contributed by atoms with van der Waals surface area (Å²) in [5, 5.41) is 27.0. The van der Waals surface area contributed by atoms with Gasteiger partial charge < -0.3 is 15.7 Å². The van der Waals surface area contributed by atoms with E-state index >= 15 is 0 Å². The summed E-state index contributed by atoms with van der Waals surface area (Å²) in [5.41, 5.74) is 3.43. The molecule has 0 radical (unpaired) electrons. The number of hydrogen-bond donors (Lipinski definition) is 4. The minimum absolute atomic E-state index is 0.0158. The number of nitrogens with one attached hydrogen (secondary N) is 3. The Kier molecular flexibility index (Phi) is 8.51. The van der Waals surface area contributed by atoms with Crippen molar-refractivity contribution in [1.29, 1.82) is 0 Å². The summed E-state index contributed by atoms with van der Waals surface area (Å²) in [6.45, 7) is 6.08. The smallest absolute Gasteiger partial charge is 0.270 e. The summed E-state index contributed by atoms with van der Waals surface area (Å²) in [5.74, 6) is -1.19. The van der Waals surface area contributed by atoms with E-state index in [0.717, 1.165) is 17.0 Å². The second-order valence-corrected chi connectivity index (χ2v) is 9.05. The van der Waals surface area contributed by atoms with Gasteiger partial charge in [0.1, 0.15) is 16.6 Å². The number of anilines is 1. The lowest BCUT2D eigenvalue weighted by Gasteiger charge is -2.19. The lowest BCUT2D eigenvalue weighted by atomic mass is 10.1.